The van der Waals surface area contributed by atoms with E-state index in [1.54, 1.807) is 24.3 Å². The van der Waals surface area contributed by atoms with E-state index in [0.29, 0.717) is 10.8 Å². The summed E-state index contributed by atoms with van der Waals surface area (Å²) in [5.41, 5.74) is 0. The number of aliphatic carboxylic acids is 1. The number of amides is 1. The van der Waals surface area contributed by atoms with E-state index in [2.05, 4.69) is 5.92 Å². The lowest BCUT2D eigenvalue weighted by atomic mass is 10.3. The number of para-hydroxylation sites is 1. The number of benzene rings is 1. The van der Waals surface area contributed by atoms with Gasteiger partial charge in [-0.05, 0) is 12.1 Å². The molecule has 1 aromatic rings. The molecule has 0 fully saturated rings. The first kappa shape index (κ1) is 14.9. The lowest BCUT2D eigenvalue weighted by molar-refractivity contribution is -0.144. The van der Waals surface area contributed by atoms with Gasteiger partial charge < -0.3 is 14.7 Å². The fourth-order valence-electron chi connectivity index (χ4n) is 1.30. The van der Waals surface area contributed by atoms with Crippen LogP contribution >= 0.6 is 11.6 Å². The molecule has 0 saturated carbocycles. The van der Waals surface area contributed by atoms with Gasteiger partial charge in [-0.2, -0.15) is 0 Å². The van der Waals surface area contributed by atoms with Crippen molar-refractivity contribution in [1.29, 1.82) is 0 Å². The van der Waals surface area contributed by atoms with Crippen LogP contribution in [0.3, 0.4) is 0 Å². The quantitative estimate of drug-likeness (QED) is 0.797. The van der Waals surface area contributed by atoms with Crippen LogP contribution in [-0.4, -0.2) is 41.6 Å². The number of ether oxygens (including phenoxy) is 1. The summed E-state index contributed by atoms with van der Waals surface area (Å²) >= 11 is 5.86. The molecule has 0 radical (unpaired) electrons. The predicted molar refractivity (Wildman–Crippen MR) is 70.0 cm³/mol. The van der Waals surface area contributed by atoms with Crippen molar-refractivity contribution >= 4 is 23.5 Å². The van der Waals surface area contributed by atoms with Gasteiger partial charge in [-0.1, -0.05) is 29.7 Å². The highest BCUT2D eigenvalue weighted by Crippen LogP contribution is 2.22. The zero-order valence-corrected chi connectivity index (χ0v) is 10.8. The number of rotatable bonds is 6. The highest BCUT2D eigenvalue weighted by Gasteiger charge is 2.16. The van der Waals surface area contributed by atoms with Gasteiger partial charge in [0, 0.05) is 0 Å². The fraction of sp³-hybridized carbons (Fsp3) is 0.231. The van der Waals surface area contributed by atoms with E-state index >= 15 is 0 Å². The third-order valence-electron chi connectivity index (χ3n) is 2.15. The molecule has 1 N–H and O–H groups in total. The van der Waals surface area contributed by atoms with Gasteiger partial charge in [-0.25, -0.2) is 0 Å². The van der Waals surface area contributed by atoms with Crippen LogP contribution in [0.5, 0.6) is 5.75 Å². The monoisotopic (exact) mass is 281 g/mol. The lowest BCUT2D eigenvalue weighted by Crippen LogP contribution is -2.39. The van der Waals surface area contributed by atoms with E-state index in [1.165, 1.54) is 0 Å². The van der Waals surface area contributed by atoms with Gasteiger partial charge in [0.2, 0.25) is 0 Å². The van der Waals surface area contributed by atoms with Crippen molar-refractivity contribution in [3.63, 3.8) is 0 Å². The number of carbonyl (C=O) groups is 2. The molecule has 0 atom stereocenters. The summed E-state index contributed by atoms with van der Waals surface area (Å²) in [5, 5.41) is 9.04. The van der Waals surface area contributed by atoms with Crippen molar-refractivity contribution in [2.24, 2.45) is 0 Å². The molecule has 1 amide bonds. The number of carboxylic acid groups (broad SMARTS) is 1. The Morgan fingerprint density at radius 3 is 2.68 bits per heavy atom. The standard InChI is InChI=1S/C13H12ClNO4/c1-2-7-15(8-13(17)18)12(16)9-19-11-6-4-3-5-10(11)14/h1,3-6H,7-9H2,(H,17,18). The van der Waals surface area contributed by atoms with Crippen LogP contribution in [-0.2, 0) is 9.59 Å². The Bertz CT molecular complexity index is 510. The largest absolute Gasteiger partial charge is 0.482 e. The van der Waals surface area contributed by atoms with Crippen LogP contribution in [0, 0.1) is 12.3 Å². The number of nitrogens with zero attached hydrogens (tertiary/aromatic N) is 1. The highest BCUT2D eigenvalue weighted by molar-refractivity contribution is 6.32. The lowest BCUT2D eigenvalue weighted by Gasteiger charge is -2.18. The molecule has 0 heterocycles. The molecule has 6 heteroatoms. The van der Waals surface area contributed by atoms with Gasteiger partial charge in [0.1, 0.15) is 12.3 Å². The smallest absolute Gasteiger partial charge is 0.323 e. The molecule has 0 bridgehead atoms. The normalized spacial score (nSPS) is 9.47. The van der Waals surface area contributed by atoms with Crippen LogP contribution in [0.2, 0.25) is 5.02 Å². The third kappa shape index (κ3) is 4.90. The molecule has 0 aliphatic heterocycles. The molecule has 5 nitrogen and oxygen atoms in total. The van der Waals surface area contributed by atoms with Crippen molar-refractivity contribution in [3.05, 3.63) is 29.3 Å². The van der Waals surface area contributed by atoms with Crippen molar-refractivity contribution in [1.82, 2.24) is 4.90 Å². The van der Waals surface area contributed by atoms with Crippen LogP contribution in [0.25, 0.3) is 0 Å². The van der Waals surface area contributed by atoms with Gasteiger partial charge in [-0.3, -0.25) is 9.59 Å². The number of carboxylic acids is 1. The molecular formula is C13H12ClNO4. The van der Waals surface area contributed by atoms with Crippen molar-refractivity contribution in [2.75, 3.05) is 19.7 Å². The summed E-state index contributed by atoms with van der Waals surface area (Å²) in [6, 6.07) is 6.67. The predicted octanol–water partition coefficient (Wildman–Crippen LogP) is 1.27. The second-order valence-electron chi connectivity index (χ2n) is 3.57. The highest BCUT2D eigenvalue weighted by atomic mass is 35.5. The first-order chi connectivity index (χ1) is 9.04. The Labute approximate surface area is 115 Å². The first-order valence-electron chi connectivity index (χ1n) is 5.35. The maximum absolute atomic E-state index is 11.8. The molecule has 0 aromatic heterocycles. The van der Waals surface area contributed by atoms with E-state index in [4.69, 9.17) is 27.9 Å². The van der Waals surface area contributed by atoms with E-state index in [1.807, 2.05) is 0 Å². The Morgan fingerprint density at radius 1 is 1.42 bits per heavy atom. The molecular weight excluding hydrogens is 270 g/mol. The van der Waals surface area contributed by atoms with Crippen molar-refractivity contribution in [3.8, 4) is 18.1 Å². The summed E-state index contributed by atoms with van der Waals surface area (Å²) in [7, 11) is 0. The van der Waals surface area contributed by atoms with E-state index < -0.39 is 18.4 Å². The molecule has 0 saturated heterocycles. The van der Waals surface area contributed by atoms with Crippen molar-refractivity contribution < 1.29 is 19.4 Å². The Balaban J connectivity index is 2.60. The molecule has 0 unspecified atom stereocenters. The number of carbonyl (C=O) groups excluding carboxylic acids is 1. The summed E-state index contributed by atoms with van der Waals surface area (Å²) in [6.07, 6.45) is 5.08. The first-order valence-corrected chi connectivity index (χ1v) is 5.72. The second-order valence-corrected chi connectivity index (χ2v) is 3.97. The SMILES string of the molecule is C#CCN(CC(=O)O)C(=O)COc1ccccc1Cl. The maximum atomic E-state index is 11.8. The minimum absolute atomic E-state index is 0.0863. The Hall–Kier alpha value is -2.19. The second kappa shape index (κ2) is 7.29. The summed E-state index contributed by atoms with van der Waals surface area (Å²) in [4.78, 5) is 23.4. The summed E-state index contributed by atoms with van der Waals surface area (Å²) < 4.78 is 5.22. The Morgan fingerprint density at radius 2 is 2.11 bits per heavy atom. The van der Waals surface area contributed by atoms with E-state index in [9.17, 15) is 9.59 Å². The third-order valence-corrected chi connectivity index (χ3v) is 2.46. The van der Waals surface area contributed by atoms with Gasteiger partial charge in [0.05, 0.1) is 11.6 Å². The van der Waals surface area contributed by atoms with Crippen LogP contribution in [0.4, 0.5) is 0 Å². The number of terminal acetylenes is 1. The molecule has 19 heavy (non-hydrogen) atoms. The molecule has 1 rings (SSSR count). The van der Waals surface area contributed by atoms with Crippen LogP contribution in [0.15, 0.2) is 24.3 Å². The average Bonchev–Trinajstić information content (AvgIpc) is 2.36. The molecule has 0 spiro atoms. The van der Waals surface area contributed by atoms with Gasteiger partial charge >= 0.3 is 5.97 Å². The van der Waals surface area contributed by atoms with Crippen molar-refractivity contribution in [2.45, 2.75) is 0 Å². The molecule has 0 aliphatic carbocycles. The zero-order valence-electron chi connectivity index (χ0n) is 10.0. The van der Waals surface area contributed by atoms with Gasteiger partial charge in [0.15, 0.2) is 6.61 Å². The number of hydrogen-bond donors (Lipinski definition) is 1. The van der Waals surface area contributed by atoms with Crippen LogP contribution in [0.1, 0.15) is 0 Å². The molecule has 100 valence electrons. The van der Waals surface area contributed by atoms with Gasteiger partial charge in [-0.15, -0.1) is 6.42 Å². The Kier molecular flexibility index (Phi) is 5.71. The van der Waals surface area contributed by atoms with E-state index in [0.717, 1.165) is 4.90 Å². The van der Waals surface area contributed by atoms with Crippen LogP contribution < -0.4 is 4.74 Å². The van der Waals surface area contributed by atoms with Gasteiger partial charge in [0.25, 0.3) is 5.91 Å². The maximum Gasteiger partial charge on any atom is 0.323 e. The fourth-order valence-corrected chi connectivity index (χ4v) is 1.49. The zero-order chi connectivity index (χ0) is 14.3. The summed E-state index contributed by atoms with van der Waals surface area (Å²) in [6.45, 7) is -0.870. The average molecular weight is 282 g/mol. The molecule has 1 aromatic carbocycles. The minimum Gasteiger partial charge on any atom is -0.482 e. The minimum atomic E-state index is -1.14. The number of hydrogen-bond acceptors (Lipinski definition) is 3. The molecule has 0 aliphatic rings. The van der Waals surface area contributed by atoms with E-state index in [-0.39, 0.29) is 13.2 Å². The number of halogens is 1. The topological polar surface area (TPSA) is 66.8 Å². The summed E-state index contributed by atoms with van der Waals surface area (Å²) in [5.74, 6) is 0.928.